The van der Waals surface area contributed by atoms with Crippen molar-refractivity contribution in [3.8, 4) is 0 Å². The van der Waals surface area contributed by atoms with Gasteiger partial charge < -0.3 is 0 Å². The average Bonchev–Trinajstić information content (AvgIpc) is 2.55. The summed E-state index contributed by atoms with van der Waals surface area (Å²) < 4.78 is 2.73. The van der Waals surface area contributed by atoms with Gasteiger partial charge in [-0.1, -0.05) is 11.6 Å². The zero-order valence-electron chi connectivity index (χ0n) is 7.83. The van der Waals surface area contributed by atoms with Gasteiger partial charge in [0.05, 0.1) is 21.1 Å². The summed E-state index contributed by atoms with van der Waals surface area (Å²) in [6.45, 7) is 4.13. The number of halogens is 2. The van der Waals surface area contributed by atoms with Crippen molar-refractivity contribution in [2.24, 2.45) is 0 Å². The quantitative estimate of drug-likeness (QED) is 0.797. The van der Waals surface area contributed by atoms with Crippen molar-refractivity contribution in [2.45, 2.75) is 19.9 Å². The fourth-order valence-electron chi connectivity index (χ4n) is 1.32. The first-order valence-corrected chi connectivity index (χ1v) is 5.45. The number of nitrogens with zero attached hydrogens (tertiary/aromatic N) is 3. The Labute approximate surface area is 95.2 Å². The Bertz CT molecular complexity index is 478. The molecule has 0 fully saturated rings. The van der Waals surface area contributed by atoms with Gasteiger partial charge >= 0.3 is 0 Å². The summed E-state index contributed by atoms with van der Waals surface area (Å²) in [5, 5.41) is 5.82. The maximum absolute atomic E-state index is 5.93. The third-order valence-electron chi connectivity index (χ3n) is 2.00. The minimum Gasteiger partial charge on any atom is -0.245 e. The lowest BCUT2D eigenvalue weighted by atomic mass is 10.3. The van der Waals surface area contributed by atoms with Crippen molar-refractivity contribution in [1.29, 1.82) is 0 Å². The Morgan fingerprint density at radius 1 is 1.43 bits per heavy atom. The van der Waals surface area contributed by atoms with Gasteiger partial charge in [-0.15, -0.1) is 0 Å². The summed E-state index contributed by atoms with van der Waals surface area (Å²) >= 11 is 9.35. The van der Waals surface area contributed by atoms with Crippen LogP contribution >= 0.6 is 27.5 Å². The summed E-state index contributed by atoms with van der Waals surface area (Å²) in [6.07, 6.45) is 3.41. The molecular formula is C9H9BrClN3. The molecular weight excluding hydrogens is 265 g/mol. The third kappa shape index (κ3) is 1.42. The van der Waals surface area contributed by atoms with Crippen LogP contribution in [0.5, 0.6) is 0 Å². The molecule has 3 nitrogen and oxygen atoms in total. The molecule has 0 saturated carbocycles. The van der Waals surface area contributed by atoms with E-state index in [4.69, 9.17) is 11.6 Å². The molecule has 74 valence electrons. The second-order valence-corrected chi connectivity index (χ2v) is 4.54. The molecule has 0 amide bonds. The van der Waals surface area contributed by atoms with Gasteiger partial charge in [-0.05, 0) is 29.8 Å². The van der Waals surface area contributed by atoms with Gasteiger partial charge in [-0.3, -0.25) is 0 Å². The lowest BCUT2D eigenvalue weighted by Crippen LogP contribution is -2.03. The maximum atomic E-state index is 5.93. The summed E-state index contributed by atoms with van der Waals surface area (Å²) in [5.74, 6) is 0. The minimum atomic E-state index is 0.299. The standard InChI is InChI=1S/C9H9BrClN3/c1-5(2)14-9-6(3-13-14)8(10)7(11)4-12-9/h3-5H,1-2H3. The number of fused-ring (bicyclic) bond motifs is 1. The molecule has 2 aromatic rings. The number of rotatable bonds is 1. The van der Waals surface area contributed by atoms with Crippen LogP contribution in [0.4, 0.5) is 0 Å². The zero-order chi connectivity index (χ0) is 10.3. The van der Waals surface area contributed by atoms with E-state index in [2.05, 4.69) is 39.9 Å². The van der Waals surface area contributed by atoms with Gasteiger partial charge in [0.15, 0.2) is 5.65 Å². The molecule has 0 bridgehead atoms. The molecule has 0 N–H and O–H groups in total. The normalized spacial score (nSPS) is 11.5. The van der Waals surface area contributed by atoms with Gasteiger partial charge in [-0.25, -0.2) is 9.67 Å². The Hall–Kier alpha value is -0.610. The first-order chi connectivity index (χ1) is 6.61. The van der Waals surface area contributed by atoms with Crippen LogP contribution in [0, 0.1) is 0 Å². The van der Waals surface area contributed by atoms with Crippen LogP contribution in [0.3, 0.4) is 0 Å². The molecule has 0 spiro atoms. The highest BCUT2D eigenvalue weighted by Gasteiger charge is 2.11. The second kappa shape index (κ2) is 3.51. The zero-order valence-corrected chi connectivity index (χ0v) is 10.2. The molecule has 0 saturated heterocycles. The molecule has 0 aliphatic heterocycles. The van der Waals surface area contributed by atoms with Crippen LogP contribution in [-0.2, 0) is 0 Å². The van der Waals surface area contributed by atoms with Crippen LogP contribution in [0.2, 0.25) is 5.02 Å². The van der Waals surface area contributed by atoms with Crippen LogP contribution in [0.1, 0.15) is 19.9 Å². The number of pyridine rings is 1. The number of hydrogen-bond donors (Lipinski definition) is 0. The Balaban J connectivity index is 2.77. The topological polar surface area (TPSA) is 30.7 Å². The summed E-state index contributed by atoms with van der Waals surface area (Å²) in [7, 11) is 0. The first-order valence-electron chi connectivity index (χ1n) is 4.28. The van der Waals surface area contributed by atoms with Crippen LogP contribution in [0.15, 0.2) is 16.9 Å². The van der Waals surface area contributed by atoms with Gasteiger partial charge in [0, 0.05) is 12.2 Å². The van der Waals surface area contributed by atoms with E-state index in [-0.39, 0.29) is 0 Å². The highest BCUT2D eigenvalue weighted by atomic mass is 79.9. The fraction of sp³-hybridized carbons (Fsp3) is 0.333. The van der Waals surface area contributed by atoms with Crippen molar-refractivity contribution < 1.29 is 0 Å². The molecule has 0 atom stereocenters. The molecule has 2 heterocycles. The number of aromatic nitrogens is 3. The molecule has 14 heavy (non-hydrogen) atoms. The molecule has 2 aromatic heterocycles. The van der Waals surface area contributed by atoms with E-state index in [1.165, 1.54) is 0 Å². The first kappa shape index (κ1) is 9.93. The molecule has 0 aliphatic carbocycles. The van der Waals surface area contributed by atoms with Crippen molar-refractivity contribution in [3.63, 3.8) is 0 Å². The third-order valence-corrected chi connectivity index (χ3v) is 3.37. The van der Waals surface area contributed by atoms with Crippen LogP contribution < -0.4 is 0 Å². The van der Waals surface area contributed by atoms with Crippen molar-refractivity contribution in [2.75, 3.05) is 0 Å². The average molecular weight is 275 g/mol. The van der Waals surface area contributed by atoms with E-state index >= 15 is 0 Å². The van der Waals surface area contributed by atoms with Gasteiger partial charge in [0.25, 0.3) is 0 Å². The lowest BCUT2D eigenvalue weighted by Gasteiger charge is -2.06. The monoisotopic (exact) mass is 273 g/mol. The van der Waals surface area contributed by atoms with Crippen LogP contribution in [0.25, 0.3) is 11.0 Å². The Morgan fingerprint density at radius 2 is 2.14 bits per heavy atom. The smallest absolute Gasteiger partial charge is 0.159 e. The minimum absolute atomic E-state index is 0.299. The van der Waals surface area contributed by atoms with Gasteiger partial charge in [-0.2, -0.15) is 5.10 Å². The highest BCUT2D eigenvalue weighted by Crippen LogP contribution is 2.29. The molecule has 2 rings (SSSR count). The molecule has 0 aromatic carbocycles. The van der Waals surface area contributed by atoms with Crippen molar-refractivity contribution in [1.82, 2.24) is 14.8 Å². The van der Waals surface area contributed by atoms with E-state index in [0.717, 1.165) is 15.5 Å². The van der Waals surface area contributed by atoms with E-state index in [1.54, 1.807) is 12.4 Å². The predicted octanol–water partition coefficient (Wildman–Crippen LogP) is 3.43. The summed E-state index contributed by atoms with van der Waals surface area (Å²) in [5.41, 5.74) is 0.858. The van der Waals surface area contributed by atoms with Crippen molar-refractivity contribution in [3.05, 3.63) is 21.9 Å². The summed E-state index contributed by atoms with van der Waals surface area (Å²) in [6, 6.07) is 0.299. The SMILES string of the molecule is CC(C)n1ncc2c(Br)c(Cl)cnc21. The van der Waals surface area contributed by atoms with E-state index < -0.39 is 0 Å². The number of hydrogen-bond acceptors (Lipinski definition) is 2. The van der Waals surface area contributed by atoms with E-state index in [1.807, 2.05) is 4.68 Å². The Kier molecular flexibility index (Phi) is 2.49. The molecule has 0 aliphatic rings. The van der Waals surface area contributed by atoms with E-state index in [0.29, 0.717) is 11.1 Å². The largest absolute Gasteiger partial charge is 0.245 e. The molecule has 0 unspecified atom stereocenters. The molecule has 5 heteroatoms. The maximum Gasteiger partial charge on any atom is 0.159 e. The fourth-order valence-corrected chi connectivity index (χ4v) is 1.85. The van der Waals surface area contributed by atoms with Gasteiger partial charge in [0.1, 0.15) is 0 Å². The van der Waals surface area contributed by atoms with Crippen LogP contribution in [-0.4, -0.2) is 14.8 Å². The van der Waals surface area contributed by atoms with Gasteiger partial charge in [0.2, 0.25) is 0 Å². The Morgan fingerprint density at radius 3 is 2.79 bits per heavy atom. The highest BCUT2D eigenvalue weighted by molar-refractivity contribution is 9.10. The molecule has 0 radical (unpaired) electrons. The second-order valence-electron chi connectivity index (χ2n) is 3.34. The summed E-state index contributed by atoms with van der Waals surface area (Å²) in [4.78, 5) is 4.26. The predicted molar refractivity (Wildman–Crippen MR) is 60.6 cm³/mol. The van der Waals surface area contributed by atoms with Crippen molar-refractivity contribution >= 4 is 38.6 Å². The lowest BCUT2D eigenvalue weighted by molar-refractivity contribution is 0.546. The van der Waals surface area contributed by atoms with E-state index in [9.17, 15) is 0 Å².